The molecule has 0 saturated carbocycles. The van der Waals surface area contributed by atoms with Crippen LogP contribution < -0.4 is 4.90 Å². The van der Waals surface area contributed by atoms with Crippen molar-refractivity contribution in [1.82, 2.24) is 10.0 Å². The van der Waals surface area contributed by atoms with Gasteiger partial charge in [-0.1, -0.05) is 63.6 Å². The number of hydrazone groups is 1. The minimum absolute atomic E-state index is 0.145. The summed E-state index contributed by atoms with van der Waals surface area (Å²) in [5, 5.41) is 14.0. The van der Waals surface area contributed by atoms with Gasteiger partial charge < -0.3 is 0 Å². The summed E-state index contributed by atoms with van der Waals surface area (Å²) in [5.74, 6) is -15.2. The van der Waals surface area contributed by atoms with Crippen LogP contribution in [0.25, 0.3) is 0 Å². The third kappa shape index (κ3) is 4.35. The van der Waals surface area contributed by atoms with Crippen molar-refractivity contribution < 1.29 is 36.3 Å². The van der Waals surface area contributed by atoms with E-state index in [-0.39, 0.29) is 4.90 Å². The Morgan fingerprint density at radius 2 is 1.48 bits per heavy atom. The van der Waals surface area contributed by atoms with Gasteiger partial charge in [0.2, 0.25) is 5.82 Å². The third-order valence-electron chi connectivity index (χ3n) is 7.09. The first-order valence-electron chi connectivity index (χ1n) is 12.4. The van der Waals surface area contributed by atoms with Crippen LogP contribution in [0.1, 0.15) is 23.6 Å². The van der Waals surface area contributed by atoms with Crippen LogP contribution >= 0.6 is 15.9 Å². The number of imide groups is 1. The highest BCUT2D eigenvalue weighted by Crippen LogP contribution is 2.38. The number of carbonyl (C=O) groups is 3. The van der Waals surface area contributed by atoms with Crippen LogP contribution in [0.15, 0.2) is 74.5 Å². The van der Waals surface area contributed by atoms with Crippen LogP contribution in [-0.4, -0.2) is 52.1 Å². The number of halogens is 6. The summed E-state index contributed by atoms with van der Waals surface area (Å²) >= 11 is 3.38. The fourth-order valence-electron chi connectivity index (χ4n) is 5.07. The summed E-state index contributed by atoms with van der Waals surface area (Å²) in [4.78, 5) is 39.5. The Kier molecular flexibility index (Phi) is 6.83. The molecule has 0 N–H and O–H groups in total. The van der Waals surface area contributed by atoms with Gasteiger partial charge in [0.25, 0.3) is 17.7 Å². The molecule has 42 heavy (non-hydrogen) atoms. The van der Waals surface area contributed by atoms with Crippen molar-refractivity contribution >= 4 is 45.1 Å². The number of nitrogens with zero attached hydrogens (tertiary/aromatic N) is 6. The number of benzene rings is 3. The van der Waals surface area contributed by atoms with Crippen LogP contribution in [0.4, 0.5) is 27.6 Å². The van der Waals surface area contributed by atoms with E-state index in [1.807, 2.05) is 42.5 Å². The molecule has 3 heterocycles. The molecule has 3 aliphatic heterocycles. The van der Waals surface area contributed by atoms with Gasteiger partial charge in [-0.15, -0.1) is 0 Å². The standard InChI is InChI=1S/C27H16BrF5N6O3/c28-14-8-6-12(7-9-14)15-10-16(13-4-2-1-3-5-13)39(35-15)17(40)11-37-25-23(34-36-37)26(41)38(27(25)42)24-21(32)19(30)18(29)20(31)22(24)33/h1-9,16,23,25H,10-11H2/t16-,23+,25+/m0/s1. The fraction of sp³-hybridized carbons (Fsp3) is 0.185. The lowest BCUT2D eigenvalue weighted by molar-refractivity contribution is -0.135. The summed E-state index contributed by atoms with van der Waals surface area (Å²) in [5.41, 5.74) is 0.428. The molecule has 3 amide bonds. The quantitative estimate of drug-likeness (QED) is 0.172. The summed E-state index contributed by atoms with van der Waals surface area (Å²) < 4.78 is 71.1. The first kappa shape index (κ1) is 27.6. The number of hydrogen-bond donors (Lipinski definition) is 0. The number of rotatable bonds is 5. The van der Waals surface area contributed by atoms with Crippen LogP contribution in [-0.2, 0) is 14.4 Å². The van der Waals surface area contributed by atoms with Gasteiger partial charge in [0, 0.05) is 10.9 Å². The second-order valence-electron chi connectivity index (χ2n) is 9.55. The maximum atomic E-state index is 14.5. The molecule has 6 rings (SSSR count). The second-order valence-corrected chi connectivity index (χ2v) is 10.5. The van der Waals surface area contributed by atoms with Gasteiger partial charge >= 0.3 is 0 Å². The fourth-order valence-corrected chi connectivity index (χ4v) is 5.33. The topological polar surface area (TPSA) is 98.0 Å². The molecule has 0 radical (unpaired) electrons. The summed E-state index contributed by atoms with van der Waals surface area (Å²) in [6.07, 6.45) is 0.358. The number of fused-ring (bicyclic) bond motifs is 1. The van der Waals surface area contributed by atoms with Gasteiger partial charge in [0.15, 0.2) is 35.4 Å². The van der Waals surface area contributed by atoms with Gasteiger partial charge in [-0.05, 0) is 23.3 Å². The van der Waals surface area contributed by atoms with Gasteiger partial charge in [-0.2, -0.15) is 10.2 Å². The molecule has 3 aromatic rings. The Bertz CT molecular complexity index is 1680. The van der Waals surface area contributed by atoms with Crippen molar-refractivity contribution in [3.8, 4) is 0 Å². The SMILES string of the molecule is O=C1[C@@H]2N=NN(CC(=O)N3N=C(c4ccc(Br)cc4)C[C@H]3c3ccccc3)[C@H]2C(=O)N1c1c(F)c(F)c(F)c(F)c1F. The van der Waals surface area contributed by atoms with Crippen molar-refractivity contribution in [3.05, 3.63) is 99.3 Å². The minimum atomic E-state index is -2.44. The van der Waals surface area contributed by atoms with Crippen molar-refractivity contribution in [2.75, 3.05) is 11.4 Å². The second kappa shape index (κ2) is 10.4. The normalized spacial score (nSPS) is 21.4. The zero-order chi connectivity index (χ0) is 29.9. The first-order valence-corrected chi connectivity index (χ1v) is 13.1. The van der Waals surface area contributed by atoms with E-state index in [9.17, 15) is 36.3 Å². The highest BCUT2D eigenvalue weighted by atomic mass is 79.9. The molecule has 0 unspecified atom stereocenters. The average Bonchev–Trinajstić information content (AvgIpc) is 3.68. The lowest BCUT2D eigenvalue weighted by atomic mass is 9.98. The molecule has 1 fully saturated rings. The lowest BCUT2D eigenvalue weighted by Crippen LogP contribution is -2.45. The van der Waals surface area contributed by atoms with Crippen molar-refractivity contribution in [2.24, 2.45) is 15.4 Å². The van der Waals surface area contributed by atoms with Crippen LogP contribution in [0.2, 0.25) is 0 Å². The van der Waals surface area contributed by atoms with E-state index in [0.717, 1.165) is 20.6 Å². The maximum absolute atomic E-state index is 14.5. The Morgan fingerprint density at radius 1 is 0.857 bits per heavy atom. The number of hydrogen-bond acceptors (Lipinski definition) is 7. The van der Waals surface area contributed by atoms with Gasteiger partial charge in [0.05, 0.1) is 11.8 Å². The van der Waals surface area contributed by atoms with Crippen molar-refractivity contribution in [2.45, 2.75) is 24.5 Å². The molecule has 15 heteroatoms. The van der Waals surface area contributed by atoms with Crippen LogP contribution in [0.5, 0.6) is 0 Å². The molecule has 0 aliphatic carbocycles. The summed E-state index contributed by atoms with van der Waals surface area (Å²) in [7, 11) is 0. The molecular weight excluding hydrogens is 631 g/mol. The Balaban J connectivity index is 1.29. The number of carbonyl (C=O) groups excluding carboxylic acids is 3. The monoisotopic (exact) mass is 646 g/mol. The van der Waals surface area contributed by atoms with Crippen molar-refractivity contribution in [1.29, 1.82) is 0 Å². The summed E-state index contributed by atoms with van der Waals surface area (Å²) in [6, 6.07) is 12.5. The van der Waals surface area contributed by atoms with Crippen molar-refractivity contribution in [3.63, 3.8) is 0 Å². The predicted octanol–water partition coefficient (Wildman–Crippen LogP) is 4.82. The van der Waals surface area contributed by atoms with E-state index >= 15 is 0 Å². The lowest BCUT2D eigenvalue weighted by Gasteiger charge is -2.25. The number of anilines is 1. The van der Waals surface area contributed by atoms with Crippen LogP contribution in [0, 0.1) is 29.1 Å². The largest absolute Gasteiger partial charge is 0.271 e. The average molecular weight is 647 g/mol. The smallest absolute Gasteiger partial charge is 0.264 e. The molecule has 0 aromatic heterocycles. The van der Waals surface area contributed by atoms with Gasteiger partial charge in [-0.25, -0.2) is 31.9 Å². The zero-order valence-corrected chi connectivity index (χ0v) is 22.6. The van der Waals surface area contributed by atoms with Gasteiger partial charge in [0.1, 0.15) is 12.2 Å². The van der Waals surface area contributed by atoms with Crippen LogP contribution in [0.3, 0.4) is 0 Å². The predicted molar refractivity (Wildman–Crippen MR) is 139 cm³/mol. The minimum Gasteiger partial charge on any atom is -0.271 e. The number of amides is 3. The van der Waals surface area contributed by atoms with E-state index in [1.165, 1.54) is 5.01 Å². The van der Waals surface area contributed by atoms with E-state index < -0.39 is 77.2 Å². The maximum Gasteiger partial charge on any atom is 0.264 e. The van der Waals surface area contributed by atoms with E-state index in [2.05, 4.69) is 31.4 Å². The summed E-state index contributed by atoms with van der Waals surface area (Å²) in [6.45, 7) is -0.630. The van der Waals surface area contributed by atoms with E-state index in [1.54, 1.807) is 12.1 Å². The highest BCUT2D eigenvalue weighted by molar-refractivity contribution is 9.10. The molecule has 0 bridgehead atoms. The zero-order valence-electron chi connectivity index (χ0n) is 21.0. The van der Waals surface area contributed by atoms with E-state index in [4.69, 9.17) is 0 Å². The first-order chi connectivity index (χ1) is 20.1. The molecule has 0 spiro atoms. The third-order valence-corrected chi connectivity index (χ3v) is 7.62. The van der Waals surface area contributed by atoms with E-state index in [0.29, 0.717) is 12.1 Å². The highest BCUT2D eigenvalue weighted by Gasteiger charge is 2.57. The molecular formula is C27H16BrF5N6O3. The molecule has 9 nitrogen and oxygen atoms in total. The molecule has 214 valence electrons. The molecule has 3 aliphatic rings. The Hall–Kier alpha value is -4.53. The molecule has 3 aromatic carbocycles. The van der Waals surface area contributed by atoms with Gasteiger partial charge in [-0.3, -0.25) is 19.4 Å². The Labute approximate surface area is 242 Å². The molecule has 3 atom stereocenters. The Morgan fingerprint density at radius 3 is 2.12 bits per heavy atom. The molecule has 1 saturated heterocycles.